The van der Waals surface area contributed by atoms with E-state index < -0.39 is 0 Å². The third-order valence-electron chi connectivity index (χ3n) is 3.15. The van der Waals surface area contributed by atoms with E-state index in [4.69, 9.17) is 0 Å². The molecule has 0 amide bonds. The molecule has 12 heavy (non-hydrogen) atoms. The third-order valence-corrected chi connectivity index (χ3v) is 3.15. The largest absolute Gasteiger partial charge is 0.372 e. The van der Waals surface area contributed by atoms with Crippen molar-refractivity contribution in [3.05, 3.63) is 36.1 Å². The van der Waals surface area contributed by atoms with Crippen molar-refractivity contribution in [2.75, 3.05) is 7.05 Å². The molecule has 64 valence electrons. The molecule has 1 heterocycles. The predicted molar refractivity (Wildman–Crippen MR) is 51.7 cm³/mol. The molecule has 0 N–H and O–H groups in total. The van der Waals surface area contributed by atoms with Crippen LogP contribution in [0.15, 0.2) is 36.1 Å². The Hall–Kier alpha value is -0.980. The molecule has 2 rings (SSSR count). The molecule has 0 radical (unpaired) electrons. The lowest BCUT2D eigenvalue weighted by molar-refractivity contribution is 0.323. The van der Waals surface area contributed by atoms with E-state index in [1.165, 1.54) is 17.7 Å². The van der Waals surface area contributed by atoms with Crippen LogP contribution in [0.25, 0.3) is 0 Å². The molecule has 1 heteroatoms. The fourth-order valence-electron chi connectivity index (χ4n) is 2.13. The molecule has 0 bridgehead atoms. The van der Waals surface area contributed by atoms with Gasteiger partial charge in [0, 0.05) is 24.7 Å². The van der Waals surface area contributed by atoms with Gasteiger partial charge in [0.15, 0.2) is 0 Å². The number of nitrogens with zero attached hydrogens (tertiary/aromatic N) is 1. The highest BCUT2D eigenvalue weighted by Gasteiger charge is 2.34. The number of fused-ring (bicyclic) bond motifs is 1. The minimum absolute atomic E-state index is 0.619. The molecule has 1 nitrogen and oxygen atoms in total. The quantitative estimate of drug-likeness (QED) is 0.527. The fourth-order valence-corrected chi connectivity index (χ4v) is 2.13. The molecular formula is C11H15N. The zero-order chi connectivity index (χ0) is 8.72. The zero-order valence-electron chi connectivity index (χ0n) is 7.75. The normalized spacial score (nSPS) is 33.7. The van der Waals surface area contributed by atoms with E-state index in [1.54, 1.807) is 0 Å². The van der Waals surface area contributed by atoms with Gasteiger partial charge in [-0.25, -0.2) is 0 Å². The Labute approximate surface area is 74.1 Å². The second-order valence-electron chi connectivity index (χ2n) is 3.69. The second-order valence-corrected chi connectivity index (χ2v) is 3.69. The van der Waals surface area contributed by atoms with Crippen LogP contribution in [0.2, 0.25) is 0 Å². The molecule has 0 aromatic carbocycles. The van der Waals surface area contributed by atoms with E-state index in [2.05, 4.69) is 43.7 Å². The molecule has 1 fully saturated rings. The molecule has 0 saturated carbocycles. The highest BCUT2D eigenvalue weighted by atomic mass is 15.2. The van der Waals surface area contributed by atoms with Crippen LogP contribution in [-0.4, -0.2) is 18.0 Å². The van der Waals surface area contributed by atoms with Crippen molar-refractivity contribution in [2.45, 2.75) is 19.4 Å². The average molecular weight is 161 g/mol. The van der Waals surface area contributed by atoms with Crippen molar-refractivity contribution in [3.63, 3.8) is 0 Å². The standard InChI is InChI=1S/C11H15N/c1-8-10-6-4-5-7-11(10)9(2)12(8)3/h4-6,9,11H,1,7H2,2-3H3. The van der Waals surface area contributed by atoms with Crippen LogP contribution in [0.4, 0.5) is 0 Å². The maximum Gasteiger partial charge on any atom is 0.0330 e. The summed E-state index contributed by atoms with van der Waals surface area (Å²) < 4.78 is 0. The maximum absolute atomic E-state index is 4.09. The van der Waals surface area contributed by atoms with Crippen LogP contribution in [0.3, 0.4) is 0 Å². The van der Waals surface area contributed by atoms with Crippen LogP contribution in [0, 0.1) is 5.92 Å². The summed E-state index contributed by atoms with van der Waals surface area (Å²) in [5, 5.41) is 0. The first kappa shape index (κ1) is 7.66. The van der Waals surface area contributed by atoms with Crippen molar-refractivity contribution < 1.29 is 0 Å². The predicted octanol–water partition coefficient (Wildman–Crippen LogP) is 2.34. The van der Waals surface area contributed by atoms with Gasteiger partial charge in [-0.3, -0.25) is 0 Å². The smallest absolute Gasteiger partial charge is 0.0330 e. The molecule has 2 atom stereocenters. The van der Waals surface area contributed by atoms with Gasteiger partial charge >= 0.3 is 0 Å². The molecule has 1 saturated heterocycles. The lowest BCUT2D eigenvalue weighted by Crippen LogP contribution is -2.24. The van der Waals surface area contributed by atoms with Crippen molar-refractivity contribution in [1.82, 2.24) is 4.90 Å². The summed E-state index contributed by atoms with van der Waals surface area (Å²) in [5.74, 6) is 0.687. The molecule has 1 aliphatic heterocycles. The number of likely N-dealkylation sites (N-methyl/N-ethyl adjacent to an activating group) is 1. The topological polar surface area (TPSA) is 3.24 Å². The van der Waals surface area contributed by atoms with Gasteiger partial charge in [0.25, 0.3) is 0 Å². The van der Waals surface area contributed by atoms with Crippen molar-refractivity contribution in [1.29, 1.82) is 0 Å². The Kier molecular flexibility index (Phi) is 1.60. The average Bonchev–Trinajstić information content (AvgIpc) is 2.33. The Bertz CT molecular complexity index is 273. The first-order valence-corrected chi connectivity index (χ1v) is 4.50. The Balaban J connectivity index is 2.38. The number of hydrogen-bond donors (Lipinski definition) is 0. The molecule has 0 aromatic heterocycles. The fraction of sp³-hybridized carbons (Fsp3) is 0.455. The van der Waals surface area contributed by atoms with Crippen LogP contribution in [0.5, 0.6) is 0 Å². The first-order chi connectivity index (χ1) is 5.72. The van der Waals surface area contributed by atoms with Gasteiger partial charge < -0.3 is 4.90 Å². The number of likely N-dealkylation sites (tertiary alicyclic amines) is 1. The highest BCUT2D eigenvalue weighted by Crippen LogP contribution is 2.39. The maximum atomic E-state index is 4.09. The monoisotopic (exact) mass is 161 g/mol. The lowest BCUT2D eigenvalue weighted by atomic mass is 9.89. The molecule has 2 aliphatic rings. The summed E-state index contributed by atoms with van der Waals surface area (Å²) in [6.07, 6.45) is 7.77. The molecule has 1 aliphatic carbocycles. The second kappa shape index (κ2) is 2.51. The Morgan fingerprint density at radius 2 is 2.33 bits per heavy atom. The van der Waals surface area contributed by atoms with E-state index in [9.17, 15) is 0 Å². The summed E-state index contributed by atoms with van der Waals surface area (Å²) in [6.45, 7) is 6.37. The third kappa shape index (κ3) is 0.857. The van der Waals surface area contributed by atoms with Gasteiger partial charge in [-0.1, -0.05) is 24.8 Å². The van der Waals surface area contributed by atoms with Gasteiger partial charge in [0.05, 0.1) is 0 Å². The Morgan fingerprint density at radius 3 is 3.00 bits per heavy atom. The molecule has 2 unspecified atom stereocenters. The summed E-state index contributed by atoms with van der Waals surface area (Å²) in [6, 6.07) is 0.619. The van der Waals surface area contributed by atoms with Gasteiger partial charge in [-0.15, -0.1) is 0 Å². The van der Waals surface area contributed by atoms with Gasteiger partial charge in [-0.2, -0.15) is 0 Å². The molecular weight excluding hydrogens is 146 g/mol. The highest BCUT2D eigenvalue weighted by molar-refractivity contribution is 5.41. The van der Waals surface area contributed by atoms with Gasteiger partial charge in [-0.05, 0) is 18.9 Å². The Morgan fingerprint density at radius 1 is 1.58 bits per heavy atom. The van der Waals surface area contributed by atoms with Crippen molar-refractivity contribution in [3.8, 4) is 0 Å². The van der Waals surface area contributed by atoms with E-state index in [-0.39, 0.29) is 0 Å². The minimum Gasteiger partial charge on any atom is -0.372 e. The van der Waals surface area contributed by atoms with Crippen molar-refractivity contribution >= 4 is 0 Å². The number of allylic oxidation sites excluding steroid dienone is 4. The lowest BCUT2D eigenvalue weighted by Gasteiger charge is -2.20. The van der Waals surface area contributed by atoms with Crippen LogP contribution in [0.1, 0.15) is 13.3 Å². The zero-order valence-corrected chi connectivity index (χ0v) is 7.75. The summed E-state index contributed by atoms with van der Waals surface area (Å²) in [5.41, 5.74) is 2.64. The van der Waals surface area contributed by atoms with Crippen LogP contribution in [-0.2, 0) is 0 Å². The summed E-state index contributed by atoms with van der Waals surface area (Å²) >= 11 is 0. The summed E-state index contributed by atoms with van der Waals surface area (Å²) in [7, 11) is 2.13. The van der Waals surface area contributed by atoms with E-state index in [1.807, 2.05) is 0 Å². The summed E-state index contributed by atoms with van der Waals surface area (Å²) in [4.78, 5) is 2.28. The van der Waals surface area contributed by atoms with Crippen LogP contribution < -0.4 is 0 Å². The molecule has 0 spiro atoms. The number of rotatable bonds is 0. The minimum atomic E-state index is 0.619. The van der Waals surface area contributed by atoms with Crippen LogP contribution >= 0.6 is 0 Å². The first-order valence-electron chi connectivity index (χ1n) is 4.50. The molecule has 0 aromatic rings. The van der Waals surface area contributed by atoms with E-state index >= 15 is 0 Å². The van der Waals surface area contributed by atoms with Crippen molar-refractivity contribution in [2.24, 2.45) is 5.92 Å². The van der Waals surface area contributed by atoms with Gasteiger partial charge in [0.1, 0.15) is 0 Å². The SMILES string of the molecule is C=C1C2=CC=CCC2C(C)N1C. The van der Waals surface area contributed by atoms with E-state index in [0.29, 0.717) is 12.0 Å². The number of hydrogen-bond acceptors (Lipinski definition) is 1. The van der Waals surface area contributed by atoms with E-state index in [0.717, 1.165) is 0 Å². The van der Waals surface area contributed by atoms with Gasteiger partial charge in [0.2, 0.25) is 0 Å².